The molecule has 170 valence electrons. The first-order valence-electron chi connectivity index (χ1n) is 11.4. The molecule has 1 atom stereocenters. The summed E-state index contributed by atoms with van der Waals surface area (Å²) in [6.45, 7) is 13.5. The normalized spacial score (nSPS) is 17.7. The maximum atomic E-state index is 13.1. The fourth-order valence-corrected chi connectivity index (χ4v) is 4.43. The van der Waals surface area contributed by atoms with E-state index in [1.54, 1.807) is 17.3 Å². The number of imidazole rings is 1. The Morgan fingerprint density at radius 3 is 2.78 bits per heavy atom. The van der Waals surface area contributed by atoms with Gasteiger partial charge in [0.2, 0.25) is 0 Å². The lowest BCUT2D eigenvalue weighted by Gasteiger charge is -2.34. The Bertz CT molecular complexity index is 1120. The van der Waals surface area contributed by atoms with Crippen LogP contribution in [0, 0.1) is 13.8 Å². The highest BCUT2D eigenvalue weighted by Gasteiger charge is 2.30. The maximum absolute atomic E-state index is 13.1. The van der Waals surface area contributed by atoms with Gasteiger partial charge in [0.05, 0.1) is 17.6 Å². The van der Waals surface area contributed by atoms with Gasteiger partial charge in [-0.3, -0.25) is 10.2 Å². The molecule has 0 radical (unpaired) electrons. The summed E-state index contributed by atoms with van der Waals surface area (Å²) in [4.78, 5) is 30.7. The summed E-state index contributed by atoms with van der Waals surface area (Å²) in [7, 11) is 0. The molecule has 3 aromatic heterocycles. The van der Waals surface area contributed by atoms with Crippen molar-refractivity contribution < 1.29 is 4.79 Å². The van der Waals surface area contributed by atoms with Crippen molar-refractivity contribution in [2.45, 2.75) is 47.1 Å². The molecule has 0 bridgehead atoms. The minimum atomic E-state index is -0.213. The molecule has 0 saturated carbocycles. The van der Waals surface area contributed by atoms with Crippen LogP contribution in [0.15, 0.2) is 24.7 Å². The van der Waals surface area contributed by atoms with Gasteiger partial charge in [0, 0.05) is 55.9 Å². The summed E-state index contributed by atoms with van der Waals surface area (Å²) < 4.78 is 1.90. The molecule has 9 heteroatoms. The van der Waals surface area contributed by atoms with Crippen LogP contribution in [0.3, 0.4) is 0 Å². The van der Waals surface area contributed by atoms with Crippen molar-refractivity contribution in [3.05, 3.63) is 41.6 Å². The number of hydrogen-bond acceptors (Lipinski definition) is 6. The van der Waals surface area contributed by atoms with Crippen LogP contribution in [-0.4, -0.2) is 57.6 Å². The lowest BCUT2D eigenvalue weighted by molar-refractivity contribution is 0.257. The van der Waals surface area contributed by atoms with Crippen LogP contribution in [-0.2, 0) is 6.42 Å². The standard InChI is InChI=1S/C21H26N8O.C2H6/c1-13-10-27(9-7-22-13)17-4-6-23-20-16(17)5-8-29(20)21(30)26-18-12-28-11-14(2)24-19(28)15(3)25-18;1-2/h4,6,11-13,22H,5,7-10H2,1-3H3,(H,26,30);1-2H3. The van der Waals surface area contributed by atoms with E-state index in [0.29, 0.717) is 18.4 Å². The number of nitrogens with one attached hydrogen (secondary N) is 2. The zero-order valence-electron chi connectivity index (χ0n) is 19.5. The average Bonchev–Trinajstić information content (AvgIpc) is 3.38. The predicted molar refractivity (Wildman–Crippen MR) is 128 cm³/mol. The van der Waals surface area contributed by atoms with Gasteiger partial charge in [-0.1, -0.05) is 13.8 Å². The van der Waals surface area contributed by atoms with Gasteiger partial charge in [-0.15, -0.1) is 0 Å². The van der Waals surface area contributed by atoms with Gasteiger partial charge in [-0.05, 0) is 33.3 Å². The quantitative estimate of drug-likeness (QED) is 0.641. The molecule has 2 aliphatic rings. The number of pyridine rings is 1. The van der Waals surface area contributed by atoms with E-state index in [-0.39, 0.29) is 6.03 Å². The molecule has 0 aliphatic carbocycles. The molecule has 9 nitrogen and oxygen atoms in total. The van der Waals surface area contributed by atoms with Crippen molar-refractivity contribution in [1.82, 2.24) is 24.7 Å². The van der Waals surface area contributed by atoms with Gasteiger partial charge in [0.25, 0.3) is 0 Å². The Kier molecular flexibility index (Phi) is 6.27. The average molecular weight is 437 g/mol. The summed E-state index contributed by atoms with van der Waals surface area (Å²) in [5, 5.41) is 6.41. The highest BCUT2D eigenvalue weighted by molar-refractivity contribution is 6.02. The predicted octanol–water partition coefficient (Wildman–Crippen LogP) is 3.16. The molecular formula is C23H32N8O. The van der Waals surface area contributed by atoms with Crippen LogP contribution in [0.25, 0.3) is 5.65 Å². The third kappa shape index (κ3) is 4.12. The number of nitrogens with zero attached hydrogens (tertiary/aromatic N) is 6. The van der Waals surface area contributed by atoms with E-state index in [9.17, 15) is 4.79 Å². The van der Waals surface area contributed by atoms with Gasteiger partial charge in [0.15, 0.2) is 11.5 Å². The van der Waals surface area contributed by atoms with Crippen LogP contribution in [0.2, 0.25) is 0 Å². The van der Waals surface area contributed by atoms with E-state index < -0.39 is 0 Å². The molecule has 2 aliphatic heterocycles. The first kappa shape index (κ1) is 22.0. The maximum Gasteiger partial charge on any atom is 0.328 e. The second kappa shape index (κ2) is 9.12. The number of piperazine rings is 1. The molecule has 1 saturated heterocycles. The minimum Gasteiger partial charge on any atom is -0.368 e. The number of rotatable bonds is 2. The van der Waals surface area contributed by atoms with Crippen molar-refractivity contribution in [1.29, 1.82) is 0 Å². The molecule has 0 aromatic carbocycles. The Morgan fingerprint density at radius 1 is 1.19 bits per heavy atom. The number of aromatic nitrogens is 4. The second-order valence-corrected chi connectivity index (χ2v) is 8.09. The van der Waals surface area contributed by atoms with Gasteiger partial charge in [-0.25, -0.2) is 19.7 Å². The number of carbonyl (C=O) groups excluding carboxylic acids is 1. The molecule has 3 aromatic rings. The summed E-state index contributed by atoms with van der Waals surface area (Å²) in [5.41, 5.74) is 4.82. The minimum absolute atomic E-state index is 0.213. The van der Waals surface area contributed by atoms with Gasteiger partial charge in [-0.2, -0.15) is 0 Å². The third-order valence-electron chi connectivity index (χ3n) is 5.76. The Morgan fingerprint density at radius 2 is 2.00 bits per heavy atom. The number of carbonyl (C=O) groups is 1. The topological polar surface area (TPSA) is 90.7 Å². The number of amides is 2. The Labute approximate surface area is 188 Å². The molecule has 0 spiro atoms. The second-order valence-electron chi connectivity index (χ2n) is 8.09. The molecule has 2 N–H and O–H groups in total. The summed E-state index contributed by atoms with van der Waals surface area (Å²) >= 11 is 0. The zero-order valence-corrected chi connectivity index (χ0v) is 19.5. The fraction of sp³-hybridized carbons (Fsp3) is 0.478. The lowest BCUT2D eigenvalue weighted by atomic mass is 10.1. The highest BCUT2D eigenvalue weighted by atomic mass is 16.2. The van der Waals surface area contributed by atoms with E-state index in [0.717, 1.165) is 54.5 Å². The number of anilines is 3. The van der Waals surface area contributed by atoms with E-state index >= 15 is 0 Å². The highest BCUT2D eigenvalue weighted by Crippen LogP contribution is 2.34. The van der Waals surface area contributed by atoms with E-state index in [2.05, 4.69) is 43.5 Å². The van der Waals surface area contributed by atoms with E-state index in [1.165, 1.54) is 5.69 Å². The van der Waals surface area contributed by atoms with Crippen LogP contribution < -0.4 is 20.4 Å². The van der Waals surface area contributed by atoms with Crippen molar-refractivity contribution in [2.75, 3.05) is 41.3 Å². The largest absolute Gasteiger partial charge is 0.368 e. The summed E-state index contributed by atoms with van der Waals surface area (Å²) in [5.74, 6) is 1.25. The van der Waals surface area contributed by atoms with Gasteiger partial charge >= 0.3 is 6.03 Å². The van der Waals surface area contributed by atoms with Crippen LogP contribution in [0.4, 0.5) is 22.1 Å². The van der Waals surface area contributed by atoms with Crippen LogP contribution >= 0.6 is 0 Å². The number of fused-ring (bicyclic) bond motifs is 2. The summed E-state index contributed by atoms with van der Waals surface area (Å²) in [6.07, 6.45) is 6.32. The van der Waals surface area contributed by atoms with Crippen molar-refractivity contribution in [3.8, 4) is 0 Å². The first-order chi connectivity index (χ1) is 15.5. The molecule has 32 heavy (non-hydrogen) atoms. The number of aryl methyl sites for hydroxylation is 2. The smallest absolute Gasteiger partial charge is 0.328 e. The van der Waals surface area contributed by atoms with Crippen molar-refractivity contribution >= 4 is 29.0 Å². The number of hydrogen-bond donors (Lipinski definition) is 2. The first-order valence-corrected chi connectivity index (χ1v) is 11.4. The molecule has 1 fully saturated rings. The van der Waals surface area contributed by atoms with Crippen molar-refractivity contribution in [2.24, 2.45) is 0 Å². The molecule has 2 amide bonds. The third-order valence-corrected chi connectivity index (χ3v) is 5.76. The molecule has 5 heterocycles. The van der Waals surface area contributed by atoms with E-state index in [4.69, 9.17) is 0 Å². The molecule has 5 rings (SSSR count). The summed E-state index contributed by atoms with van der Waals surface area (Å²) in [6, 6.07) is 2.30. The monoisotopic (exact) mass is 436 g/mol. The lowest BCUT2D eigenvalue weighted by Crippen LogP contribution is -2.49. The molecular weight excluding hydrogens is 404 g/mol. The SMILES string of the molecule is CC.Cc1cn2cc(NC(=O)N3CCc4c(N5CCNC(C)C5)ccnc43)nc(C)c2n1. The number of urea groups is 1. The fourth-order valence-electron chi connectivity index (χ4n) is 4.43. The van der Waals surface area contributed by atoms with Gasteiger partial charge in [0.1, 0.15) is 5.82 Å². The Balaban J connectivity index is 0.00000119. The van der Waals surface area contributed by atoms with Crippen LogP contribution in [0.5, 0.6) is 0 Å². The Hall–Kier alpha value is -3.20. The van der Waals surface area contributed by atoms with Crippen molar-refractivity contribution in [3.63, 3.8) is 0 Å². The zero-order chi connectivity index (χ0) is 22.8. The molecule has 1 unspecified atom stereocenters. The van der Waals surface area contributed by atoms with E-state index in [1.807, 2.05) is 38.3 Å². The van der Waals surface area contributed by atoms with Crippen LogP contribution in [0.1, 0.15) is 37.7 Å². The van der Waals surface area contributed by atoms with Gasteiger partial charge < -0.3 is 14.6 Å².